The summed E-state index contributed by atoms with van der Waals surface area (Å²) in [6, 6.07) is 8.35. The van der Waals surface area contributed by atoms with Gasteiger partial charge in [-0.2, -0.15) is 0 Å². The van der Waals surface area contributed by atoms with Gasteiger partial charge in [0, 0.05) is 30.2 Å². The van der Waals surface area contributed by atoms with Crippen LogP contribution in [-0.2, 0) is 9.59 Å². The summed E-state index contributed by atoms with van der Waals surface area (Å²) >= 11 is 0. The lowest BCUT2D eigenvalue weighted by Gasteiger charge is -2.26. The first-order valence-electron chi connectivity index (χ1n) is 7.72. The number of nitrogens with zero attached hydrogens (tertiary/aromatic N) is 2. The van der Waals surface area contributed by atoms with Gasteiger partial charge in [0.25, 0.3) is 0 Å². The first-order chi connectivity index (χ1) is 11.2. The SMILES string of the molecule is Cl.O=CNC(C(=O)N1CCCC1)C(O)c1cnc2ccccc2c1. The Morgan fingerprint density at radius 1 is 1.29 bits per heavy atom. The average molecular weight is 350 g/mol. The van der Waals surface area contributed by atoms with E-state index in [2.05, 4.69) is 10.3 Å². The van der Waals surface area contributed by atoms with Crippen LogP contribution >= 0.6 is 12.4 Å². The van der Waals surface area contributed by atoms with E-state index < -0.39 is 12.1 Å². The van der Waals surface area contributed by atoms with Gasteiger partial charge in [-0.3, -0.25) is 14.6 Å². The second kappa shape index (κ2) is 8.08. The van der Waals surface area contributed by atoms with Crippen molar-refractivity contribution in [1.29, 1.82) is 0 Å². The molecule has 6 nitrogen and oxygen atoms in total. The minimum atomic E-state index is -1.13. The summed E-state index contributed by atoms with van der Waals surface area (Å²) in [5, 5.41) is 13.9. The van der Waals surface area contributed by atoms with Gasteiger partial charge >= 0.3 is 0 Å². The van der Waals surface area contributed by atoms with Crippen molar-refractivity contribution in [2.45, 2.75) is 25.0 Å². The van der Waals surface area contributed by atoms with Crippen LogP contribution in [0.15, 0.2) is 36.5 Å². The van der Waals surface area contributed by atoms with Crippen LogP contribution in [0.1, 0.15) is 24.5 Å². The summed E-state index contributed by atoms with van der Waals surface area (Å²) < 4.78 is 0. The third-order valence-electron chi connectivity index (χ3n) is 4.20. The maximum Gasteiger partial charge on any atom is 0.248 e. The number of benzene rings is 1. The highest BCUT2D eigenvalue weighted by atomic mass is 35.5. The van der Waals surface area contributed by atoms with E-state index in [1.54, 1.807) is 17.2 Å². The van der Waals surface area contributed by atoms with Crippen molar-refractivity contribution in [2.24, 2.45) is 0 Å². The Kier molecular flexibility index (Phi) is 6.11. The van der Waals surface area contributed by atoms with Gasteiger partial charge in [-0.25, -0.2) is 0 Å². The number of para-hydroxylation sites is 1. The molecule has 2 N–H and O–H groups in total. The number of aliphatic hydroxyl groups excluding tert-OH is 1. The van der Waals surface area contributed by atoms with E-state index in [-0.39, 0.29) is 18.3 Å². The molecule has 0 bridgehead atoms. The fourth-order valence-corrected chi connectivity index (χ4v) is 2.95. The van der Waals surface area contributed by atoms with Crippen molar-refractivity contribution in [1.82, 2.24) is 15.2 Å². The van der Waals surface area contributed by atoms with Crippen molar-refractivity contribution < 1.29 is 14.7 Å². The highest BCUT2D eigenvalue weighted by Crippen LogP contribution is 2.22. The van der Waals surface area contributed by atoms with Crippen LogP contribution in [-0.4, -0.2) is 46.4 Å². The van der Waals surface area contributed by atoms with Gasteiger partial charge in [-0.1, -0.05) is 18.2 Å². The molecule has 1 aromatic carbocycles. The van der Waals surface area contributed by atoms with E-state index in [0.717, 1.165) is 23.7 Å². The average Bonchev–Trinajstić information content (AvgIpc) is 3.12. The Hall–Kier alpha value is -2.18. The van der Waals surface area contributed by atoms with E-state index in [9.17, 15) is 14.7 Å². The van der Waals surface area contributed by atoms with Crippen LogP contribution in [0.25, 0.3) is 10.9 Å². The van der Waals surface area contributed by atoms with E-state index in [4.69, 9.17) is 0 Å². The fraction of sp³-hybridized carbons (Fsp3) is 0.353. The monoisotopic (exact) mass is 349 g/mol. The normalized spacial score (nSPS) is 16.3. The molecule has 2 heterocycles. The third-order valence-corrected chi connectivity index (χ3v) is 4.20. The Balaban J connectivity index is 0.00000208. The molecule has 7 heteroatoms. The topological polar surface area (TPSA) is 82.5 Å². The zero-order valence-corrected chi connectivity index (χ0v) is 13.9. The highest BCUT2D eigenvalue weighted by Gasteiger charge is 2.32. The number of halogens is 1. The zero-order chi connectivity index (χ0) is 16.2. The number of carbonyl (C=O) groups is 2. The molecular formula is C17H20ClN3O3. The van der Waals surface area contributed by atoms with Crippen LogP contribution in [0.2, 0.25) is 0 Å². The van der Waals surface area contributed by atoms with Gasteiger partial charge in [0.15, 0.2) is 0 Å². The second-order valence-electron chi connectivity index (χ2n) is 5.70. The molecule has 1 aromatic heterocycles. The number of aliphatic hydroxyl groups is 1. The molecule has 0 radical (unpaired) electrons. The number of carbonyl (C=O) groups excluding carboxylic acids is 2. The molecule has 0 saturated carbocycles. The molecule has 1 aliphatic rings. The molecule has 0 spiro atoms. The zero-order valence-electron chi connectivity index (χ0n) is 13.1. The van der Waals surface area contributed by atoms with Gasteiger partial charge in [-0.15, -0.1) is 12.4 Å². The van der Waals surface area contributed by atoms with Crippen molar-refractivity contribution in [3.8, 4) is 0 Å². The summed E-state index contributed by atoms with van der Waals surface area (Å²) in [5.41, 5.74) is 1.32. The molecule has 0 aliphatic carbocycles. The molecular weight excluding hydrogens is 330 g/mol. The quantitative estimate of drug-likeness (QED) is 0.800. The molecule has 3 rings (SSSR count). The number of amides is 2. The van der Waals surface area contributed by atoms with Gasteiger partial charge in [0.2, 0.25) is 12.3 Å². The minimum absolute atomic E-state index is 0. The number of nitrogens with one attached hydrogen (secondary N) is 1. The van der Waals surface area contributed by atoms with Crippen LogP contribution in [0.3, 0.4) is 0 Å². The molecule has 1 fully saturated rings. The standard InChI is InChI=1S/C17H19N3O3.ClH/c21-11-19-15(17(23)20-7-3-4-8-20)16(22)13-9-12-5-1-2-6-14(12)18-10-13;/h1-2,5-6,9-11,15-16,22H,3-4,7-8H2,(H,19,21);1H. The van der Waals surface area contributed by atoms with Crippen molar-refractivity contribution in [3.63, 3.8) is 0 Å². The number of pyridine rings is 1. The predicted molar refractivity (Wildman–Crippen MR) is 92.8 cm³/mol. The van der Waals surface area contributed by atoms with Crippen LogP contribution in [0.4, 0.5) is 0 Å². The number of aromatic nitrogens is 1. The Labute approximate surface area is 146 Å². The summed E-state index contributed by atoms with van der Waals surface area (Å²) in [6.07, 6.45) is 2.77. The third kappa shape index (κ3) is 3.66. The van der Waals surface area contributed by atoms with Crippen molar-refractivity contribution in [2.75, 3.05) is 13.1 Å². The maximum absolute atomic E-state index is 12.5. The summed E-state index contributed by atoms with van der Waals surface area (Å²) in [5.74, 6) is -0.254. The van der Waals surface area contributed by atoms with Crippen LogP contribution in [0.5, 0.6) is 0 Å². The predicted octanol–water partition coefficient (Wildman–Crippen LogP) is 1.43. The summed E-state index contributed by atoms with van der Waals surface area (Å²) in [4.78, 5) is 29.4. The van der Waals surface area contributed by atoms with E-state index in [1.165, 1.54) is 0 Å². The number of rotatable bonds is 5. The van der Waals surface area contributed by atoms with Gasteiger partial charge in [0.05, 0.1) is 5.52 Å². The highest BCUT2D eigenvalue weighted by molar-refractivity contribution is 5.86. The molecule has 2 amide bonds. The maximum atomic E-state index is 12.5. The summed E-state index contributed by atoms with van der Waals surface area (Å²) in [6.45, 7) is 1.33. The van der Waals surface area contributed by atoms with Gasteiger partial charge in [-0.05, 0) is 25.0 Å². The van der Waals surface area contributed by atoms with E-state index in [0.29, 0.717) is 25.1 Å². The lowest BCUT2D eigenvalue weighted by Crippen LogP contribution is -2.48. The molecule has 128 valence electrons. The van der Waals surface area contributed by atoms with Crippen LogP contribution in [0, 0.1) is 0 Å². The van der Waals surface area contributed by atoms with Gasteiger partial charge < -0.3 is 15.3 Å². The van der Waals surface area contributed by atoms with Gasteiger partial charge in [0.1, 0.15) is 12.1 Å². The van der Waals surface area contributed by atoms with Crippen molar-refractivity contribution in [3.05, 3.63) is 42.1 Å². The molecule has 1 aliphatic heterocycles. The van der Waals surface area contributed by atoms with Crippen molar-refractivity contribution >= 4 is 35.6 Å². The molecule has 2 unspecified atom stereocenters. The lowest BCUT2D eigenvalue weighted by molar-refractivity contribution is -0.137. The molecule has 1 saturated heterocycles. The lowest BCUT2D eigenvalue weighted by atomic mass is 10.0. The minimum Gasteiger partial charge on any atom is -0.386 e. The first kappa shape index (κ1) is 18.2. The number of hydrogen-bond donors (Lipinski definition) is 2. The first-order valence-corrected chi connectivity index (χ1v) is 7.72. The molecule has 24 heavy (non-hydrogen) atoms. The number of hydrogen-bond acceptors (Lipinski definition) is 4. The largest absolute Gasteiger partial charge is 0.386 e. The fourth-order valence-electron chi connectivity index (χ4n) is 2.95. The summed E-state index contributed by atoms with van der Waals surface area (Å²) in [7, 11) is 0. The smallest absolute Gasteiger partial charge is 0.248 e. The Bertz CT molecular complexity index is 719. The van der Waals surface area contributed by atoms with E-state index in [1.807, 2.05) is 24.3 Å². The van der Waals surface area contributed by atoms with E-state index >= 15 is 0 Å². The molecule has 2 atom stereocenters. The second-order valence-corrected chi connectivity index (χ2v) is 5.70. The molecule has 2 aromatic rings. The Morgan fingerprint density at radius 2 is 2.00 bits per heavy atom. The number of likely N-dealkylation sites (tertiary alicyclic amines) is 1. The Morgan fingerprint density at radius 3 is 2.71 bits per heavy atom. The van der Waals surface area contributed by atoms with Crippen LogP contribution < -0.4 is 5.32 Å². The number of fused-ring (bicyclic) bond motifs is 1.